The van der Waals surface area contributed by atoms with Gasteiger partial charge >= 0.3 is 0 Å². The lowest BCUT2D eigenvalue weighted by Gasteiger charge is -2.11. The second-order valence-electron chi connectivity index (χ2n) is 2.83. The van der Waals surface area contributed by atoms with Crippen LogP contribution in [0.4, 0.5) is 0 Å². The average Bonchev–Trinajstić information content (AvgIpc) is 2.19. The molecule has 1 atom stereocenters. The maximum Gasteiger partial charge on any atom is 0.176 e. The van der Waals surface area contributed by atoms with Crippen molar-refractivity contribution in [1.82, 2.24) is 5.32 Å². The van der Waals surface area contributed by atoms with E-state index in [0.717, 1.165) is 5.56 Å². The first kappa shape index (κ1) is 9.56. The summed E-state index contributed by atoms with van der Waals surface area (Å²) in [6.07, 6.45) is 2.50. The van der Waals surface area contributed by atoms with Gasteiger partial charge in [0.05, 0.1) is 12.6 Å². The topological polar surface area (TPSA) is 56.0 Å². The van der Waals surface area contributed by atoms with Gasteiger partial charge < -0.3 is 10.4 Å². The minimum atomic E-state index is -0.174. The Morgan fingerprint density at radius 3 is 2.62 bits per heavy atom. The molecule has 0 aliphatic heterocycles. The van der Waals surface area contributed by atoms with Gasteiger partial charge in [-0.05, 0) is 12.0 Å². The highest BCUT2D eigenvalue weighted by Gasteiger charge is 2.05. The Labute approximate surface area is 77.6 Å². The van der Waals surface area contributed by atoms with Gasteiger partial charge in [0.15, 0.2) is 6.19 Å². The van der Waals surface area contributed by atoms with Crippen molar-refractivity contribution in [2.45, 2.75) is 12.5 Å². The molecule has 1 aromatic carbocycles. The third-order valence-electron chi connectivity index (χ3n) is 1.81. The SMILES string of the molecule is N#CN[C@@H](CO)Cc1ccccc1. The minimum Gasteiger partial charge on any atom is -0.394 e. The lowest BCUT2D eigenvalue weighted by Crippen LogP contribution is -2.30. The Kier molecular flexibility index (Phi) is 3.80. The average molecular weight is 176 g/mol. The van der Waals surface area contributed by atoms with E-state index in [0.29, 0.717) is 6.42 Å². The number of rotatable bonds is 4. The van der Waals surface area contributed by atoms with Crippen molar-refractivity contribution >= 4 is 0 Å². The van der Waals surface area contributed by atoms with Gasteiger partial charge in [0.2, 0.25) is 0 Å². The molecule has 0 saturated heterocycles. The van der Waals surface area contributed by atoms with Crippen LogP contribution in [-0.4, -0.2) is 17.8 Å². The molecule has 0 amide bonds. The largest absolute Gasteiger partial charge is 0.394 e. The fraction of sp³-hybridized carbons (Fsp3) is 0.300. The molecule has 0 aromatic heterocycles. The molecule has 0 fully saturated rings. The molecule has 2 N–H and O–H groups in total. The third-order valence-corrected chi connectivity index (χ3v) is 1.81. The number of aliphatic hydroxyl groups excluding tert-OH is 1. The molecule has 13 heavy (non-hydrogen) atoms. The van der Waals surface area contributed by atoms with Crippen molar-refractivity contribution in [2.24, 2.45) is 0 Å². The normalized spacial score (nSPS) is 11.7. The third kappa shape index (κ3) is 3.14. The van der Waals surface area contributed by atoms with E-state index in [9.17, 15) is 0 Å². The lowest BCUT2D eigenvalue weighted by molar-refractivity contribution is 0.253. The first-order valence-electron chi connectivity index (χ1n) is 4.16. The maximum absolute atomic E-state index is 8.90. The number of hydrogen-bond donors (Lipinski definition) is 2. The van der Waals surface area contributed by atoms with E-state index in [1.807, 2.05) is 36.5 Å². The molecule has 1 rings (SSSR count). The Balaban J connectivity index is 2.53. The first-order chi connectivity index (χ1) is 6.36. The molecule has 0 heterocycles. The molecule has 0 saturated carbocycles. The molecular weight excluding hydrogens is 164 g/mol. The van der Waals surface area contributed by atoms with Gasteiger partial charge in [-0.15, -0.1) is 0 Å². The van der Waals surface area contributed by atoms with Gasteiger partial charge in [-0.1, -0.05) is 30.3 Å². The lowest BCUT2D eigenvalue weighted by atomic mass is 10.1. The molecule has 0 unspecified atom stereocenters. The molecular formula is C10H12N2O. The summed E-state index contributed by atoms with van der Waals surface area (Å²) < 4.78 is 0. The summed E-state index contributed by atoms with van der Waals surface area (Å²) in [6, 6.07) is 9.60. The number of nitriles is 1. The standard InChI is InChI=1S/C10H12N2O/c11-8-12-10(7-13)6-9-4-2-1-3-5-9/h1-5,10,12-13H,6-7H2/t10-/m1/s1. The van der Waals surface area contributed by atoms with Gasteiger partial charge in [-0.2, -0.15) is 5.26 Å². The predicted molar refractivity (Wildman–Crippen MR) is 49.8 cm³/mol. The number of nitrogens with zero attached hydrogens (tertiary/aromatic N) is 1. The van der Waals surface area contributed by atoms with Crippen LogP contribution in [0.15, 0.2) is 30.3 Å². The zero-order valence-electron chi connectivity index (χ0n) is 7.27. The zero-order chi connectivity index (χ0) is 9.52. The van der Waals surface area contributed by atoms with Crippen LogP contribution < -0.4 is 5.32 Å². The molecule has 0 bridgehead atoms. The van der Waals surface area contributed by atoms with Gasteiger partial charge in [0, 0.05) is 0 Å². The van der Waals surface area contributed by atoms with Crippen molar-refractivity contribution in [3.8, 4) is 6.19 Å². The van der Waals surface area contributed by atoms with Crippen LogP contribution in [0.2, 0.25) is 0 Å². The molecule has 1 aromatic rings. The second-order valence-corrected chi connectivity index (χ2v) is 2.83. The van der Waals surface area contributed by atoms with E-state index in [-0.39, 0.29) is 12.6 Å². The summed E-state index contributed by atoms with van der Waals surface area (Å²) in [5, 5.41) is 19.8. The van der Waals surface area contributed by atoms with Crippen LogP contribution in [0.1, 0.15) is 5.56 Å². The minimum absolute atomic E-state index is 0.0253. The number of benzene rings is 1. The summed E-state index contributed by atoms with van der Waals surface area (Å²) in [5.41, 5.74) is 1.12. The first-order valence-corrected chi connectivity index (χ1v) is 4.16. The van der Waals surface area contributed by atoms with Crippen LogP contribution in [0.25, 0.3) is 0 Å². The maximum atomic E-state index is 8.90. The molecule has 68 valence electrons. The van der Waals surface area contributed by atoms with Gasteiger partial charge in [0.1, 0.15) is 0 Å². The van der Waals surface area contributed by atoms with E-state index in [1.165, 1.54) is 0 Å². The van der Waals surface area contributed by atoms with Crippen molar-refractivity contribution in [1.29, 1.82) is 5.26 Å². The predicted octanol–water partition coefficient (Wildman–Crippen LogP) is 0.661. The Hall–Kier alpha value is -1.53. The van der Waals surface area contributed by atoms with Gasteiger partial charge in [0.25, 0.3) is 0 Å². The van der Waals surface area contributed by atoms with Gasteiger partial charge in [-0.3, -0.25) is 0 Å². The summed E-state index contributed by atoms with van der Waals surface area (Å²) >= 11 is 0. The number of nitrogens with one attached hydrogen (secondary N) is 1. The summed E-state index contributed by atoms with van der Waals surface area (Å²) in [6.45, 7) is -0.0253. The molecule has 0 aliphatic rings. The van der Waals surface area contributed by atoms with E-state index in [2.05, 4.69) is 5.32 Å². The fourth-order valence-electron chi connectivity index (χ4n) is 1.15. The Bertz CT molecular complexity index is 279. The quantitative estimate of drug-likeness (QED) is 0.523. The molecule has 0 spiro atoms. The molecule has 3 nitrogen and oxygen atoms in total. The highest BCUT2D eigenvalue weighted by molar-refractivity contribution is 5.16. The van der Waals surface area contributed by atoms with Crippen LogP contribution in [0, 0.1) is 11.5 Å². The van der Waals surface area contributed by atoms with Crippen molar-refractivity contribution < 1.29 is 5.11 Å². The van der Waals surface area contributed by atoms with Crippen LogP contribution >= 0.6 is 0 Å². The molecule has 0 aliphatic carbocycles. The number of aliphatic hydroxyl groups is 1. The van der Waals surface area contributed by atoms with E-state index in [4.69, 9.17) is 10.4 Å². The smallest absolute Gasteiger partial charge is 0.176 e. The van der Waals surface area contributed by atoms with E-state index in [1.54, 1.807) is 0 Å². The van der Waals surface area contributed by atoms with Crippen molar-refractivity contribution in [2.75, 3.05) is 6.61 Å². The van der Waals surface area contributed by atoms with Crippen LogP contribution in [0.3, 0.4) is 0 Å². The van der Waals surface area contributed by atoms with E-state index >= 15 is 0 Å². The zero-order valence-corrected chi connectivity index (χ0v) is 7.27. The molecule has 3 heteroatoms. The Morgan fingerprint density at radius 2 is 2.08 bits per heavy atom. The second kappa shape index (κ2) is 5.18. The van der Waals surface area contributed by atoms with Crippen LogP contribution in [-0.2, 0) is 6.42 Å². The Morgan fingerprint density at radius 1 is 1.38 bits per heavy atom. The highest BCUT2D eigenvalue weighted by atomic mass is 16.3. The van der Waals surface area contributed by atoms with Crippen molar-refractivity contribution in [3.63, 3.8) is 0 Å². The van der Waals surface area contributed by atoms with Crippen LogP contribution in [0.5, 0.6) is 0 Å². The number of hydrogen-bond acceptors (Lipinski definition) is 3. The van der Waals surface area contributed by atoms with E-state index < -0.39 is 0 Å². The summed E-state index contributed by atoms with van der Waals surface area (Å²) in [4.78, 5) is 0. The van der Waals surface area contributed by atoms with Gasteiger partial charge in [-0.25, -0.2) is 0 Å². The fourth-order valence-corrected chi connectivity index (χ4v) is 1.15. The molecule has 0 radical (unpaired) electrons. The van der Waals surface area contributed by atoms with Crippen molar-refractivity contribution in [3.05, 3.63) is 35.9 Å². The highest BCUT2D eigenvalue weighted by Crippen LogP contribution is 2.02. The monoisotopic (exact) mass is 176 g/mol. The summed E-state index contributed by atoms with van der Waals surface area (Å²) in [7, 11) is 0. The summed E-state index contributed by atoms with van der Waals surface area (Å²) in [5.74, 6) is 0.